The summed E-state index contributed by atoms with van der Waals surface area (Å²) in [4.78, 5) is 2.52. The van der Waals surface area contributed by atoms with Crippen LogP contribution in [0.15, 0.2) is 0 Å². The first-order chi connectivity index (χ1) is 7.67. The molecule has 0 saturated carbocycles. The Labute approximate surface area is 100 Å². The Morgan fingerprint density at radius 1 is 1.44 bits per heavy atom. The van der Waals surface area contributed by atoms with Gasteiger partial charge in [0.2, 0.25) is 0 Å². The molecule has 0 spiro atoms. The summed E-state index contributed by atoms with van der Waals surface area (Å²) in [6, 6.07) is 0.914. The third-order valence-corrected chi connectivity index (χ3v) is 3.63. The Kier molecular flexibility index (Phi) is 6.32. The van der Waals surface area contributed by atoms with E-state index in [1.807, 2.05) is 0 Å². The predicted octanol–water partition coefficient (Wildman–Crippen LogP) is 1.47. The van der Waals surface area contributed by atoms with Gasteiger partial charge in [-0.25, -0.2) is 0 Å². The highest BCUT2D eigenvalue weighted by atomic mass is 16.3. The van der Waals surface area contributed by atoms with Gasteiger partial charge >= 0.3 is 0 Å². The van der Waals surface area contributed by atoms with Crippen LogP contribution in [-0.4, -0.2) is 48.3 Å². The number of nitrogens with zero attached hydrogens (tertiary/aromatic N) is 1. The molecule has 0 bridgehead atoms. The number of hydrogen-bond donors (Lipinski definition) is 2. The summed E-state index contributed by atoms with van der Waals surface area (Å²) in [5.41, 5.74) is 0. The lowest BCUT2D eigenvalue weighted by molar-refractivity contribution is 0.101. The second kappa shape index (κ2) is 7.25. The first kappa shape index (κ1) is 13.9. The molecular formula is C13H28N2O. The number of aliphatic hydroxyl groups excluding tert-OH is 1. The number of piperidine rings is 1. The summed E-state index contributed by atoms with van der Waals surface area (Å²) < 4.78 is 0. The molecule has 0 amide bonds. The number of likely N-dealkylation sites (tertiary alicyclic amines) is 1. The highest BCUT2D eigenvalue weighted by Gasteiger charge is 2.24. The van der Waals surface area contributed by atoms with Gasteiger partial charge in [-0.3, -0.25) is 4.90 Å². The zero-order valence-corrected chi connectivity index (χ0v) is 11.1. The van der Waals surface area contributed by atoms with Crippen molar-refractivity contribution in [3.8, 4) is 0 Å². The van der Waals surface area contributed by atoms with E-state index < -0.39 is 0 Å². The molecule has 16 heavy (non-hydrogen) atoms. The van der Waals surface area contributed by atoms with Gasteiger partial charge in [-0.1, -0.05) is 13.8 Å². The van der Waals surface area contributed by atoms with Crippen molar-refractivity contribution in [1.82, 2.24) is 10.2 Å². The Morgan fingerprint density at radius 2 is 2.19 bits per heavy atom. The summed E-state index contributed by atoms with van der Waals surface area (Å²) in [5, 5.41) is 12.7. The van der Waals surface area contributed by atoms with Gasteiger partial charge in [-0.15, -0.1) is 0 Å². The third-order valence-electron chi connectivity index (χ3n) is 3.63. The summed E-state index contributed by atoms with van der Waals surface area (Å²) in [6.45, 7) is 10.2. The van der Waals surface area contributed by atoms with E-state index in [4.69, 9.17) is 0 Å². The molecule has 0 aliphatic carbocycles. The molecule has 1 fully saturated rings. The molecule has 0 radical (unpaired) electrons. The molecule has 1 aliphatic heterocycles. The van der Waals surface area contributed by atoms with E-state index in [1.165, 1.54) is 19.4 Å². The Hall–Kier alpha value is -0.120. The van der Waals surface area contributed by atoms with Crippen molar-refractivity contribution in [3.63, 3.8) is 0 Å². The molecule has 3 unspecified atom stereocenters. The van der Waals surface area contributed by atoms with E-state index in [1.54, 1.807) is 0 Å². The van der Waals surface area contributed by atoms with Crippen molar-refractivity contribution < 1.29 is 5.11 Å². The van der Waals surface area contributed by atoms with Gasteiger partial charge in [0.05, 0.1) is 6.61 Å². The highest BCUT2D eigenvalue weighted by Crippen LogP contribution is 2.21. The molecule has 96 valence electrons. The minimum atomic E-state index is 0.246. The van der Waals surface area contributed by atoms with Gasteiger partial charge in [0.15, 0.2) is 0 Å². The van der Waals surface area contributed by atoms with Crippen LogP contribution in [0.1, 0.15) is 40.0 Å². The van der Waals surface area contributed by atoms with Crippen LogP contribution in [0.2, 0.25) is 0 Å². The molecule has 0 aromatic rings. The molecule has 1 rings (SSSR count). The van der Waals surface area contributed by atoms with E-state index in [-0.39, 0.29) is 12.6 Å². The van der Waals surface area contributed by atoms with Gasteiger partial charge in [-0.2, -0.15) is 0 Å². The maximum Gasteiger partial charge on any atom is 0.0597 e. The zero-order valence-electron chi connectivity index (χ0n) is 11.1. The maximum absolute atomic E-state index is 9.33. The quantitative estimate of drug-likeness (QED) is 0.722. The topological polar surface area (TPSA) is 35.5 Å². The second-order valence-corrected chi connectivity index (χ2v) is 5.31. The van der Waals surface area contributed by atoms with E-state index in [0.717, 1.165) is 25.4 Å². The Morgan fingerprint density at radius 3 is 2.75 bits per heavy atom. The lowest BCUT2D eigenvalue weighted by Crippen LogP contribution is -2.49. The lowest BCUT2D eigenvalue weighted by Gasteiger charge is -2.38. The first-order valence-electron chi connectivity index (χ1n) is 6.75. The van der Waals surface area contributed by atoms with E-state index in [2.05, 4.69) is 31.0 Å². The zero-order chi connectivity index (χ0) is 12.0. The predicted molar refractivity (Wildman–Crippen MR) is 68.6 cm³/mol. The van der Waals surface area contributed by atoms with Crippen molar-refractivity contribution in [1.29, 1.82) is 0 Å². The van der Waals surface area contributed by atoms with Gasteiger partial charge < -0.3 is 10.4 Å². The summed E-state index contributed by atoms with van der Waals surface area (Å²) >= 11 is 0. The molecule has 3 atom stereocenters. The van der Waals surface area contributed by atoms with Crippen molar-refractivity contribution in [2.24, 2.45) is 5.92 Å². The smallest absolute Gasteiger partial charge is 0.0597 e. The molecule has 3 heteroatoms. The number of rotatable bonds is 6. The van der Waals surface area contributed by atoms with Crippen LogP contribution < -0.4 is 5.32 Å². The highest BCUT2D eigenvalue weighted by molar-refractivity contribution is 4.80. The van der Waals surface area contributed by atoms with Crippen molar-refractivity contribution >= 4 is 0 Å². The fourth-order valence-electron chi connectivity index (χ4n) is 2.55. The van der Waals surface area contributed by atoms with Crippen molar-refractivity contribution in [3.05, 3.63) is 0 Å². The van der Waals surface area contributed by atoms with Crippen molar-refractivity contribution in [2.45, 2.75) is 52.1 Å². The SMILES string of the molecule is CCCNC(CO)CN1CCC(C)CC1C. The minimum absolute atomic E-state index is 0.246. The third kappa shape index (κ3) is 4.40. The minimum Gasteiger partial charge on any atom is -0.395 e. The standard InChI is InChI=1S/C13H28N2O/c1-4-6-14-13(10-16)9-15-7-5-11(2)8-12(15)3/h11-14,16H,4-10H2,1-3H3. The van der Waals surface area contributed by atoms with Crippen LogP contribution in [0.3, 0.4) is 0 Å². The Bertz CT molecular complexity index is 187. The molecule has 1 heterocycles. The fraction of sp³-hybridized carbons (Fsp3) is 1.00. The molecule has 0 aromatic carbocycles. The molecular weight excluding hydrogens is 200 g/mol. The second-order valence-electron chi connectivity index (χ2n) is 5.31. The van der Waals surface area contributed by atoms with Crippen molar-refractivity contribution in [2.75, 3.05) is 26.2 Å². The van der Waals surface area contributed by atoms with Crippen LogP contribution in [0.5, 0.6) is 0 Å². The average molecular weight is 228 g/mol. The van der Waals surface area contributed by atoms with Gasteiger partial charge in [-0.05, 0) is 45.2 Å². The van der Waals surface area contributed by atoms with Crippen LogP contribution in [0, 0.1) is 5.92 Å². The maximum atomic E-state index is 9.33. The number of aliphatic hydroxyl groups is 1. The van der Waals surface area contributed by atoms with Gasteiger partial charge in [0, 0.05) is 18.6 Å². The molecule has 3 nitrogen and oxygen atoms in total. The number of nitrogens with one attached hydrogen (secondary N) is 1. The van der Waals surface area contributed by atoms with E-state index in [9.17, 15) is 5.11 Å². The van der Waals surface area contributed by atoms with Crippen LogP contribution in [0.4, 0.5) is 0 Å². The summed E-state index contributed by atoms with van der Waals surface area (Å²) in [7, 11) is 0. The first-order valence-corrected chi connectivity index (χ1v) is 6.75. The normalized spacial score (nSPS) is 29.2. The molecule has 2 N–H and O–H groups in total. The lowest BCUT2D eigenvalue weighted by atomic mass is 9.93. The van der Waals surface area contributed by atoms with Gasteiger partial charge in [0.25, 0.3) is 0 Å². The van der Waals surface area contributed by atoms with Crippen LogP contribution >= 0.6 is 0 Å². The van der Waals surface area contributed by atoms with E-state index in [0.29, 0.717) is 6.04 Å². The fourth-order valence-corrected chi connectivity index (χ4v) is 2.55. The molecule has 1 aliphatic rings. The van der Waals surface area contributed by atoms with Crippen LogP contribution in [0.25, 0.3) is 0 Å². The molecule has 0 aromatic heterocycles. The summed E-state index contributed by atoms with van der Waals surface area (Å²) in [5.74, 6) is 0.863. The number of hydrogen-bond acceptors (Lipinski definition) is 3. The molecule has 1 saturated heterocycles. The van der Waals surface area contributed by atoms with E-state index >= 15 is 0 Å². The Balaban J connectivity index is 2.33. The van der Waals surface area contributed by atoms with Crippen LogP contribution in [-0.2, 0) is 0 Å². The summed E-state index contributed by atoms with van der Waals surface area (Å²) in [6.07, 6.45) is 3.73. The monoisotopic (exact) mass is 228 g/mol. The van der Waals surface area contributed by atoms with Gasteiger partial charge in [0.1, 0.15) is 0 Å². The largest absolute Gasteiger partial charge is 0.395 e. The average Bonchev–Trinajstić information content (AvgIpc) is 2.27.